The highest BCUT2D eigenvalue weighted by molar-refractivity contribution is 7.89. The maximum absolute atomic E-state index is 11.1. The normalized spacial score (nSPS) is 11.1. The van der Waals surface area contributed by atoms with E-state index >= 15 is 0 Å². The van der Waals surface area contributed by atoms with Gasteiger partial charge in [0.2, 0.25) is 10.0 Å². The largest absolute Gasteiger partial charge is 0.225 e. The van der Waals surface area contributed by atoms with Crippen molar-refractivity contribution in [2.45, 2.75) is 13.5 Å². The highest BCUT2D eigenvalue weighted by Crippen LogP contribution is 2.13. The third-order valence-corrected chi connectivity index (χ3v) is 3.70. The van der Waals surface area contributed by atoms with Crippen LogP contribution in [0.2, 0.25) is 0 Å². The van der Waals surface area contributed by atoms with Crippen LogP contribution >= 0.6 is 11.3 Å². The molecule has 0 aliphatic heterocycles. The van der Waals surface area contributed by atoms with Crippen LogP contribution in [0.5, 0.6) is 0 Å². The molecule has 0 radical (unpaired) electrons. The molecule has 0 bridgehead atoms. The van der Waals surface area contributed by atoms with Crippen molar-refractivity contribution in [3.8, 4) is 6.07 Å². The van der Waals surface area contributed by atoms with Gasteiger partial charge >= 0.3 is 0 Å². The molecule has 0 atom stereocenters. The summed E-state index contributed by atoms with van der Waals surface area (Å²) >= 11 is 1.53. The van der Waals surface area contributed by atoms with Crippen LogP contribution in [-0.2, 0) is 16.6 Å². The second-order valence-electron chi connectivity index (χ2n) is 2.82. The molecule has 1 rings (SSSR count). The summed E-state index contributed by atoms with van der Waals surface area (Å²) in [6.07, 6.45) is 0. The van der Waals surface area contributed by atoms with Gasteiger partial charge in [0.05, 0.1) is 6.07 Å². The second kappa shape index (κ2) is 4.55. The van der Waals surface area contributed by atoms with Crippen LogP contribution < -0.4 is 4.72 Å². The Bertz CT molecular complexity index is 442. The summed E-state index contributed by atoms with van der Waals surface area (Å²) in [5, 5.41) is 12.1. The van der Waals surface area contributed by atoms with Crippen LogP contribution in [0.15, 0.2) is 10.8 Å². The van der Waals surface area contributed by atoms with E-state index in [1.165, 1.54) is 11.3 Å². The second-order valence-corrected chi connectivity index (χ2v) is 5.37. The molecule has 0 amide bonds. The van der Waals surface area contributed by atoms with E-state index in [1.807, 2.05) is 17.7 Å². The summed E-state index contributed by atoms with van der Waals surface area (Å²) in [6, 6.07) is 1.60. The fourth-order valence-electron chi connectivity index (χ4n) is 0.892. The van der Waals surface area contributed by atoms with Crippen molar-refractivity contribution in [2.75, 3.05) is 5.75 Å². The van der Waals surface area contributed by atoms with E-state index in [2.05, 4.69) is 4.72 Å². The highest BCUT2D eigenvalue weighted by Gasteiger charge is 2.09. The van der Waals surface area contributed by atoms with E-state index in [0.717, 1.165) is 11.1 Å². The zero-order valence-electron chi connectivity index (χ0n) is 7.65. The molecule has 14 heavy (non-hydrogen) atoms. The summed E-state index contributed by atoms with van der Waals surface area (Å²) < 4.78 is 24.6. The first-order valence-electron chi connectivity index (χ1n) is 3.91. The lowest BCUT2D eigenvalue weighted by Crippen LogP contribution is -2.25. The molecule has 6 heteroatoms. The van der Waals surface area contributed by atoms with Gasteiger partial charge in [0.15, 0.2) is 5.75 Å². The quantitative estimate of drug-likeness (QED) is 0.838. The fourth-order valence-corrected chi connectivity index (χ4v) is 2.40. The molecule has 1 N–H and O–H groups in total. The number of hydrogen-bond donors (Lipinski definition) is 1. The number of nitrogens with one attached hydrogen (secondary N) is 1. The van der Waals surface area contributed by atoms with Gasteiger partial charge < -0.3 is 0 Å². The molecule has 0 aliphatic rings. The lowest BCUT2D eigenvalue weighted by molar-refractivity contribution is 0.585. The molecule has 0 spiro atoms. The molecule has 0 saturated carbocycles. The Hall–Kier alpha value is -0.900. The van der Waals surface area contributed by atoms with Crippen LogP contribution in [0.4, 0.5) is 0 Å². The number of sulfonamides is 1. The number of aryl methyl sites for hydroxylation is 1. The maximum atomic E-state index is 11.1. The predicted octanol–water partition coefficient (Wildman–Crippen LogP) is 0.999. The first-order valence-corrected chi connectivity index (χ1v) is 6.50. The van der Waals surface area contributed by atoms with Crippen molar-refractivity contribution in [1.82, 2.24) is 4.72 Å². The summed E-state index contributed by atoms with van der Waals surface area (Å²) in [5.74, 6) is -0.490. The minimum atomic E-state index is -3.43. The van der Waals surface area contributed by atoms with Gasteiger partial charge in [-0.1, -0.05) is 0 Å². The molecule has 1 heterocycles. The first kappa shape index (κ1) is 11.2. The van der Waals surface area contributed by atoms with Gasteiger partial charge in [0.25, 0.3) is 0 Å². The van der Waals surface area contributed by atoms with Crippen LogP contribution in [0.1, 0.15) is 11.1 Å². The average Bonchev–Trinajstić information content (AvgIpc) is 2.48. The smallest absolute Gasteiger partial charge is 0.211 e. The van der Waals surface area contributed by atoms with Crippen molar-refractivity contribution in [3.05, 3.63) is 21.9 Å². The lowest BCUT2D eigenvalue weighted by atomic mass is 10.2. The average molecular weight is 230 g/mol. The number of thiophene rings is 1. The van der Waals surface area contributed by atoms with Gasteiger partial charge in [-0.25, -0.2) is 13.1 Å². The van der Waals surface area contributed by atoms with Crippen LogP contribution in [0.25, 0.3) is 0 Å². The first-order chi connectivity index (χ1) is 6.55. The number of nitriles is 1. The molecular formula is C8H10N2O2S2. The molecule has 76 valence electrons. The SMILES string of the molecule is Cc1cscc1CNS(=O)(=O)CC#N. The third kappa shape index (κ3) is 3.10. The van der Waals surface area contributed by atoms with Crippen molar-refractivity contribution in [2.24, 2.45) is 0 Å². The molecule has 4 nitrogen and oxygen atoms in total. The van der Waals surface area contributed by atoms with Gasteiger partial charge in [-0.05, 0) is 28.8 Å². The van der Waals surface area contributed by atoms with E-state index in [4.69, 9.17) is 5.26 Å². The molecular weight excluding hydrogens is 220 g/mol. The van der Waals surface area contributed by atoms with Gasteiger partial charge in [-0.3, -0.25) is 0 Å². The van der Waals surface area contributed by atoms with Crippen LogP contribution in [0.3, 0.4) is 0 Å². The fraction of sp³-hybridized carbons (Fsp3) is 0.375. The molecule has 0 unspecified atom stereocenters. The van der Waals surface area contributed by atoms with Crippen molar-refractivity contribution in [1.29, 1.82) is 5.26 Å². The van der Waals surface area contributed by atoms with Gasteiger partial charge in [0, 0.05) is 6.54 Å². The number of hydrogen-bond acceptors (Lipinski definition) is 4. The minimum Gasteiger partial charge on any atom is -0.211 e. The highest BCUT2D eigenvalue weighted by atomic mass is 32.2. The van der Waals surface area contributed by atoms with Gasteiger partial charge in [-0.2, -0.15) is 16.6 Å². The zero-order chi connectivity index (χ0) is 10.6. The molecule has 1 aromatic heterocycles. The van der Waals surface area contributed by atoms with E-state index in [-0.39, 0.29) is 6.54 Å². The monoisotopic (exact) mass is 230 g/mol. The standard InChI is InChI=1S/C8H10N2O2S2/c1-7-5-13-6-8(7)4-10-14(11,12)3-2-9/h5-6,10H,3-4H2,1H3. The summed E-state index contributed by atoms with van der Waals surface area (Å²) in [5.41, 5.74) is 2.02. The lowest BCUT2D eigenvalue weighted by Gasteiger charge is -2.02. The van der Waals surface area contributed by atoms with Crippen molar-refractivity contribution >= 4 is 21.4 Å². The molecule has 0 fully saturated rings. The molecule has 0 aromatic carbocycles. The van der Waals surface area contributed by atoms with E-state index in [0.29, 0.717) is 0 Å². The van der Waals surface area contributed by atoms with Gasteiger partial charge in [0.1, 0.15) is 0 Å². The zero-order valence-corrected chi connectivity index (χ0v) is 9.28. The molecule has 0 aliphatic carbocycles. The Morgan fingerprint density at radius 1 is 1.57 bits per heavy atom. The van der Waals surface area contributed by atoms with E-state index < -0.39 is 15.8 Å². The van der Waals surface area contributed by atoms with E-state index in [9.17, 15) is 8.42 Å². The molecule has 1 aromatic rings. The number of rotatable bonds is 4. The third-order valence-electron chi connectivity index (χ3n) is 1.70. The van der Waals surface area contributed by atoms with E-state index in [1.54, 1.807) is 6.07 Å². The maximum Gasteiger partial charge on any atom is 0.225 e. The topological polar surface area (TPSA) is 70.0 Å². The van der Waals surface area contributed by atoms with Crippen molar-refractivity contribution < 1.29 is 8.42 Å². The van der Waals surface area contributed by atoms with Crippen LogP contribution in [-0.4, -0.2) is 14.2 Å². The Kier molecular flexibility index (Phi) is 3.63. The Balaban J connectivity index is 2.58. The Morgan fingerprint density at radius 2 is 2.29 bits per heavy atom. The Labute approximate surface area is 87.2 Å². The Morgan fingerprint density at radius 3 is 2.79 bits per heavy atom. The van der Waals surface area contributed by atoms with Crippen LogP contribution in [0, 0.1) is 18.3 Å². The number of nitrogens with zero attached hydrogens (tertiary/aromatic N) is 1. The van der Waals surface area contributed by atoms with Gasteiger partial charge in [-0.15, -0.1) is 0 Å². The summed E-state index contributed by atoms with van der Waals surface area (Å²) in [7, 11) is -3.43. The molecule has 0 saturated heterocycles. The minimum absolute atomic E-state index is 0.263. The summed E-state index contributed by atoms with van der Waals surface area (Å²) in [6.45, 7) is 2.18. The van der Waals surface area contributed by atoms with Crippen molar-refractivity contribution in [3.63, 3.8) is 0 Å². The summed E-state index contributed by atoms with van der Waals surface area (Å²) in [4.78, 5) is 0. The predicted molar refractivity (Wildman–Crippen MR) is 55.3 cm³/mol.